The summed E-state index contributed by atoms with van der Waals surface area (Å²) < 4.78 is 21.8. The van der Waals surface area contributed by atoms with Crippen molar-refractivity contribution >= 4 is 39.2 Å². The van der Waals surface area contributed by atoms with Crippen LogP contribution in [0.25, 0.3) is 0 Å². The van der Waals surface area contributed by atoms with Gasteiger partial charge in [0, 0.05) is 25.3 Å². The fourth-order valence-electron chi connectivity index (χ4n) is 3.36. The predicted molar refractivity (Wildman–Crippen MR) is 124 cm³/mol. The summed E-state index contributed by atoms with van der Waals surface area (Å²) in [6.45, 7) is 2.89. The first kappa shape index (κ1) is 23.7. The number of rotatable bonds is 9. The van der Waals surface area contributed by atoms with Crippen molar-refractivity contribution in [2.24, 2.45) is 5.73 Å². The zero-order valence-corrected chi connectivity index (χ0v) is 19.6. The number of benzene rings is 2. The van der Waals surface area contributed by atoms with E-state index in [1.54, 1.807) is 12.1 Å². The lowest BCUT2D eigenvalue weighted by atomic mass is 10.1. The lowest BCUT2D eigenvalue weighted by Crippen LogP contribution is -2.37. The lowest BCUT2D eigenvalue weighted by Gasteiger charge is -2.30. The van der Waals surface area contributed by atoms with Crippen LogP contribution in [0.5, 0.6) is 11.5 Å². The second-order valence-electron chi connectivity index (χ2n) is 7.04. The van der Waals surface area contributed by atoms with Gasteiger partial charge in [-0.1, -0.05) is 0 Å². The van der Waals surface area contributed by atoms with Crippen LogP contribution in [0.2, 0.25) is 0 Å². The van der Waals surface area contributed by atoms with Crippen LogP contribution in [0.1, 0.15) is 15.9 Å². The maximum absolute atomic E-state index is 12.4. The van der Waals surface area contributed by atoms with Crippen molar-refractivity contribution < 1.29 is 28.5 Å². The van der Waals surface area contributed by atoms with Crippen molar-refractivity contribution in [2.45, 2.75) is 6.54 Å². The third-order valence-corrected chi connectivity index (χ3v) is 5.49. The molecular formula is C22H26BrN3O6. The van der Waals surface area contributed by atoms with E-state index >= 15 is 0 Å². The van der Waals surface area contributed by atoms with Gasteiger partial charge in [-0.25, -0.2) is 4.79 Å². The molecule has 0 aromatic heterocycles. The highest BCUT2D eigenvalue weighted by molar-refractivity contribution is 9.10. The molecule has 1 heterocycles. The molecule has 0 bridgehead atoms. The Kier molecular flexibility index (Phi) is 8.18. The third-order valence-electron chi connectivity index (χ3n) is 4.90. The highest BCUT2D eigenvalue weighted by Gasteiger charge is 2.20. The summed E-state index contributed by atoms with van der Waals surface area (Å²) in [5, 5.41) is 3.32. The number of hydrogen-bond donors (Lipinski definition) is 2. The van der Waals surface area contributed by atoms with Crippen molar-refractivity contribution in [3.05, 3.63) is 45.9 Å². The van der Waals surface area contributed by atoms with Crippen molar-refractivity contribution in [3.63, 3.8) is 0 Å². The van der Waals surface area contributed by atoms with E-state index in [2.05, 4.69) is 26.1 Å². The van der Waals surface area contributed by atoms with E-state index in [4.69, 9.17) is 24.7 Å². The topological polar surface area (TPSA) is 112 Å². The van der Waals surface area contributed by atoms with Gasteiger partial charge in [0.1, 0.15) is 0 Å². The Morgan fingerprint density at radius 1 is 1.19 bits per heavy atom. The normalized spacial score (nSPS) is 13.4. The Bertz CT molecular complexity index is 978. The van der Waals surface area contributed by atoms with Gasteiger partial charge in [-0.3, -0.25) is 4.79 Å². The number of halogens is 1. The van der Waals surface area contributed by atoms with E-state index in [1.165, 1.54) is 14.2 Å². The van der Waals surface area contributed by atoms with E-state index < -0.39 is 11.9 Å². The smallest absolute Gasteiger partial charge is 0.340 e. The van der Waals surface area contributed by atoms with Crippen LogP contribution in [0.15, 0.2) is 34.8 Å². The van der Waals surface area contributed by atoms with Gasteiger partial charge < -0.3 is 34.9 Å². The summed E-state index contributed by atoms with van der Waals surface area (Å²) in [4.78, 5) is 25.5. The van der Waals surface area contributed by atoms with E-state index in [1.807, 2.05) is 18.2 Å². The molecule has 1 aliphatic rings. The Morgan fingerprint density at radius 3 is 2.59 bits per heavy atom. The molecule has 1 amide bonds. The number of nitrogens with zero attached hydrogens (tertiary/aromatic N) is 1. The average Bonchev–Trinajstić information content (AvgIpc) is 2.81. The number of carbonyl (C=O) groups is 2. The summed E-state index contributed by atoms with van der Waals surface area (Å²) in [7, 11) is 2.89. The third kappa shape index (κ3) is 5.83. The fraction of sp³-hybridized carbons (Fsp3) is 0.364. The van der Waals surface area contributed by atoms with Gasteiger partial charge in [0.25, 0.3) is 5.91 Å². The monoisotopic (exact) mass is 507 g/mol. The number of primary amides is 1. The maximum atomic E-state index is 12.4. The maximum Gasteiger partial charge on any atom is 0.340 e. The summed E-state index contributed by atoms with van der Waals surface area (Å²) >= 11 is 3.45. The zero-order valence-electron chi connectivity index (χ0n) is 18.0. The molecule has 3 N–H and O–H groups in total. The molecule has 2 aromatic carbocycles. The van der Waals surface area contributed by atoms with Crippen LogP contribution < -0.4 is 25.4 Å². The van der Waals surface area contributed by atoms with E-state index in [-0.39, 0.29) is 6.61 Å². The van der Waals surface area contributed by atoms with Gasteiger partial charge >= 0.3 is 5.97 Å². The molecule has 172 valence electrons. The van der Waals surface area contributed by atoms with Gasteiger partial charge in [-0.05, 0) is 51.8 Å². The summed E-state index contributed by atoms with van der Waals surface area (Å²) in [6.07, 6.45) is 0. The number of esters is 1. The molecule has 1 fully saturated rings. The molecule has 1 aliphatic heterocycles. The van der Waals surface area contributed by atoms with Crippen molar-refractivity contribution in [3.8, 4) is 11.5 Å². The number of morpholine rings is 1. The summed E-state index contributed by atoms with van der Waals surface area (Å²) in [6, 6.07) is 9.28. The molecule has 32 heavy (non-hydrogen) atoms. The summed E-state index contributed by atoms with van der Waals surface area (Å²) in [5.74, 6) is -0.102. The predicted octanol–water partition coefficient (Wildman–Crippen LogP) is 2.56. The quantitative estimate of drug-likeness (QED) is 0.498. The van der Waals surface area contributed by atoms with Crippen LogP contribution >= 0.6 is 15.9 Å². The number of hydrogen-bond acceptors (Lipinski definition) is 8. The van der Waals surface area contributed by atoms with Gasteiger partial charge in [-0.2, -0.15) is 0 Å². The van der Waals surface area contributed by atoms with Crippen LogP contribution in [0, 0.1) is 0 Å². The Labute approximate surface area is 194 Å². The molecule has 0 unspecified atom stereocenters. The standard InChI is InChI=1S/C22H26BrN3O6/c1-29-19-10-14(9-17(23)21(19)32-13-20(24)27)12-25-15-3-4-18(16(11-15)22(28)30-2)26-5-7-31-8-6-26/h3-4,9-11,25H,5-8,12-13H2,1-2H3,(H2,24,27). The zero-order chi connectivity index (χ0) is 23.1. The van der Waals surface area contributed by atoms with Gasteiger partial charge in [0.15, 0.2) is 18.1 Å². The van der Waals surface area contributed by atoms with Crippen LogP contribution in [-0.2, 0) is 20.8 Å². The Balaban J connectivity index is 1.78. The molecular weight excluding hydrogens is 482 g/mol. The highest BCUT2D eigenvalue weighted by Crippen LogP contribution is 2.37. The molecule has 0 saturated carbocycles. The highest BCUT2D eigenvalue weighted by atomic mass is 79.9. The molecule has 0 aliphatic carbocycles. The molecule has 10 heteroatoms. The van der Waals surface area contributed by atoms with Crippen LogP contribution in [0.4, 0.5) is 11.4 Å². The largest absolute Gasteiger partial charge is 0.493 e. The molecule has 9 nitrogen and oxygen atoms in total. The SMILES string of the molecule is COC(=O)c1cc(NCc2cc(Br)c(OCC(N)=O)c(OC)c2)ccc1N1CCOCC1. The number of methoxy groups -OCH3 is 2. The van der Waals surface area contributed by atoms with Crippen molar-refractivity contribution in [2.75, 3.05) is 57.3 Å². The first-order valence-corrected chi connectivity index (χ1v) is 10.8. The number of ether oxygens (including phenoxy) is 4. The molecule has 3 rings (SSSR count). The van der Waals surface area contributed by atoms with Crippen molar-refractivity contribution in [1.29, 1.82) is 0 Å². The van der Waals surface area contributed by atoms with Crippen LogP contribution in [0.3, 0.4) is 0 Å². The fourth-order valence-corrected chi connectivity index (χ4v) is 3.97. The second kappa shape index (κ2) is 11.1. The number of nitrogens with two attached hydrogens (primary N) is 1. The van der Waals surface area contributed by atoms with Gasteiger partial charge in [0.2, 0.25) is 0 Å². The van der Waals surface area contributed by atoms with E-state index in [0.717, 1.165) is 30.0 Å². The lowest BCUT2D eigenvalue weighted by molar-refractivity contribution is -0.119. The molecule has 2 aromatic rings. The minimum atomic E-state index is -0.577. The number of anilines is 2. The summed E-state index contributed by atoms with van der Waals surface area (Å²) in [5.41, 5.74) is 8.14. The Hall–Kier alpha value is -2.98. The number of carbonyl (C=O) groups excluding carboxylic acids is 2. The minimum Gasteiger partial charge on any atom is -0.493 e. The first-order chi connectivity index (χ1) is 15.4. The molecule has 0 atom stereocenters. The van der Waals surface area contributed by atoms with Gasteiger partial charge in [-0.15, -0.1) is 0 Å². The average molecular weight is 508 g/mol. The van der Waals surface area contributed by atoms with E-state index in [0.29, 0.717) is 41.3 Å². The molecule has 0 spiro atoms. The number of nitrogens with one attached hydrogen (secondary N) is 1. The van der Waals surface area contributed by atoms with Crippen molar-refractivity contribution in [1.82, 2.24) is 0 Å². The van der Waals surface area contributed by atoms with E-state index in [9.17, 15) is 9.59 Å². The second-order valence-corrected chi connectivity index (χ2v) is 7.89. The van der Waals surface area contributed by atoms with Crippen LogP contribution in [-0.4, -0.2) is 59.0 Å². The first-order valence-electron chi connectivity index (χ1n) is 9.99. The Morgan fingerprint density at radius 2 is 1.94 bits per heavy atom. The minimum absolute atomic E-state index is 0.252. The molecule has 0 radical (unpaired) electrons. The number of amides is 1. The van der Waals surface area contributed by atoms with Gasteiger partial charge in [0.05, 0.1) is 43.2 Å². The molecule has 1 saturated heterocycles.